The smallest absolute Gasteiger partial charge is 0.358 e. The molecule has 0 aromatic carbocycles. The molecule has 94 valence electrons. The fourth-order valence-corrected chi connectivity index (χ4v) is 1.44. The van der Waals surface area contributed by atoms with Crippen LogP contribution < -0.4 is 4.74 Å². The first kappa shape index (κ1) is 13.3. The summed E-state index contributed by atoms with van der Waals surface area (Å²) < 4.78 is 5.42. The van der Waals surface area contributed by atoms with Crippen molar-refractivity contribution in [1.82, 2.24) is 4.98 Å². The highest BCUT2D eigenvalue weighted by molar-refractivity contribution is 5.89. The molecule has 2 N–H and O–H groups in total. The Bertz CT molecular complexity index is 388. The lowest BCUT2D eigenvalue weighted by Crippen LogP contribution is -2.11. The van der Waals surface area contributed by atoms with Crippen LogP contribution in [0.3, 0.4) is 0 Å². The van der Waals surface area contributed by atoms with E-state index in [1.807, 2.05) is 0 Å². The SMILES string of the molecule is CCC(CC)COc1ccnc(C(=O)O)c1O. The number of hydrogen-bond acceptors (Lipinski definition) is 4. The van der Waals surface area contributed by atoms with Crippen molar-refractivity contribution in [2.75, 3.05) is 6.61 Å². The van der Waals surface area contributed by atoms with Gasteiger partial charge in [0.05, 0.1) is 6.61 Å². The molecule has 1 rings (SSSR count). The highest BCUT2D eigenvalue weighted by Crippen LogP contribution is 2.28. The Morgan fingerprint density at radius 3 is 2.65 bits per heavy atom. The zero-order valence-electron chi connectivity index (χ0n) is 10.0. The fraction of sp³-hybridized carbons (Fsp3) is 0.500. The number of aromatic hydroxyl groups is 1. The lowest BCUT2D eigenvalue weighted by Gasteiger charge is -2.14. The molecule has 0 unspecified atom stereocenters. The lowest BCUT2D eigenvalue weighted by molar-refractivity contribution is 0.0685. The molecular formula is C12H17NO4. The first-order valence-electron chi connectivity index (χ1n) is 5.64. The van der Waals surface area contributed by atoms with E-state index in [4.69, 9.17) is 9.84 Å². The third-order valence-electron chi connectivity index (χ3n) is 2.72. The van der Waals surface area contributed by atoms with E-state index in [1.54, 1.807) is 0 Å². The zero-order valence-corrected chi connectivity index (χ0v) is 10.0. The van der Waals surface area contributed by atoms with Crippen molar-refractivity contribution >= 4 is 5.97 Å². The van der Waals surface area contributed by atoms with Crippen LogP contribution >= 0.6 is 0 Å². The van der Waals surface area contributed by atoms with Gasteiger partial charge in [0, 0.05) is 12.3 Å². The van der Waals surface area contributed by atoms with Crippen molar-refractivity contribution in [3.8, 4) is 11.5 Å². The summed E-state index contributed by atoms with van der Waals surface area (Å²) in [5.74, 6) is -1.11. The molecule has 0 bridgehead atoms. The maximum atomic E-state index is 10.7. The highest BCUT2D eigenvalue weighted by atomic mass is 16.5. The number of nitrogens with zero attached hydrogens (tertiary/aromatic N) is 1. The molecule has 0 saturated heterocycles. The predicted molar refractivity (Wildman–Crippen MR) is 62.4 cm³/mol. The number of aromatic carboxylic acids is 1. The Morgan fingerprint density at radius 2 is 2.12 bits per heavy atom. The molecule has 0 saturated carbocycles. The minimum Gasteiger partial charge on any atom is -0.503 e. The number of carboxylic acid groups (broad SMARTS) is 1. The van der Waals surface area contributed by atoms with E-state index >= 15 is 0 Å². The summed E-state index contributed by atoms with van der Waals surface area (Å²) >= 11 is 0. The van der Waals surface area contributed by atoms with Crippen molar-refractivity contribution in [2.45, 2.75) is 26.7 Å². The molecule has 0 fully saturated rings. The van der Waals surface area contributed by atoms with Crippen LogP contribution in [0.2, 0.25) is 0 Å². The molecule has 1 aromatic heterocycles. The van der Waals surface area contributed by atoms with Crippen molar-refractivity contribution in [1.29, 1.82) is 0 Å². The molecule has 5 nitrogen and oxygen atoms in total. The molecule has 0 aliphatic carbocycles. The van der Waals surface area contributed by atoms with E-state index in [1.165, 1.54) is 12.3 Å². The van der Waals surface area contributed by atoms with Crippen LogP contribution in [0, 0.1) is 5.92 Å². The third-order valence-corrected chi connectivity index (χ3v) is 2.72. The zero-order chi connectivity index (χ0) is 12.8. The lowest BCUT2D eigenvalue weighted by atomic mass is 10.1. The normalized spacial score (nSPS) is 10.5. The molecule has 0 radical (unpaired) electrons. The molecule has 17 heavy (non-hydrogen) atoms. The minimum atomic E-state index is -1.27. The molecule has 5 heteroatoms. The maximum absolute atomic E-state index is 10.7. The van der Waals surface area contributed by atoms with E-state index in [2.05, 4.69) is 18.8 Å². The second kappa shape index (κ2) is 6.08. The van der Waals surface area contributed by atoms with E-state index in [0.717, 1.165) is 12.8 Å². The van der Waals surface area contributed by atoms with E-state index < -0.39 is 11.7 Å². The number of carboxylic acids is 1. The van der Waals surface area contributed by atoms with Crippen LogP contribution in [0.25, 0.3) is 0 Å². The highest BCUT2D eigenvalue weighted by Gasteiger charge is 2.16. The van der Waals surface area contributed by atoms with Crippen LogP contribution in [-0.4, -0.2) is 27.8 Å². The first-order chi connectivity index (χ1) is 8.10. The van der Waals surface area contributed by atoms with Crippen molar-refractivity contribution in [3.63, 3.8) is 0 Å². The van der Waals surface area contributed by atoms with Crippen molar-refractivity contribution < 1.29 is 19.7 Å². The number of rotatable bonds is 6. The van der Waals surface area contributed by atoms with Gasteiger partial charge in [-0.05, 0) is 5.92 Å². The van der Waals surface area contributed by atoms with Crippen LogP contribution in [0.5, 0.6) is 11.5 Å². The van der Waals surface area contributed by atoms with Gasteiger partial charge in [-0.3, -0.25) is 0 Å². The summed E-state index contributed by atoms with van der Waals surface area (Å²) in [6, 6.07) is 1.46. The summed E-state index contributed by atoms with van der Waals surface area (Å²) in [5.41, 5.74) is -0.382. The largest absolute Gasteiger partial charge is 0.503 e. The van der Waals surface area contributed by atoms with E-state index in [0.29, 0.717) is 12.5 Å². The first-order valence-corrected chi connectivity index (χ1v) is 5.64. The van der Waals surface area contributed by atoms with Gasteiger partial charge in [0.25, 0.3) is 0 Å². The van der Waals surface area contributed by atoms with Crippen LogP contribution in [0.1, 0.15) is 37.2 Å². The van der Waals surface area contributed by atoms with Gasteiger partial charge in [0.2, 0.25) is 0 Å². The Hall–Kier alpha value is -1.78. The van der Waals surface area contributed by atoms with E-state index in [9.17, 15) is 9.90 Å². The minimum absolute atomic E-state index is 0.171. The Balaban J connectivity index is 2.78. The van der Waals surface area contributed by atoms with E-state index in [-0.39, 0.29) is 11.4 Å². The van der Waals surface area contributed by atoms with Gasteiger partial charge in [0.15, 0.2) is 17.2 Å². The molecule has 0 spiro atoms. The van der Waals surface area contributed by atoms with Crippen LogP contribution in [-0.2, 0) is 0 Å². The number of carbonyl (C=O) groups is 1. The molecule has 1 aromatic rings. The molecular weight excluding hydrogens is 222 g/mol. The molecule has 0 aliphatic rings. The topological polar surface area (TPSA) is 79.7 Å². The summed E-state index contributed by atoms with van der Waals surface area (Å²) in [5, 5.41) is 18.4. The number of ether oxygens (including phenoxy) is 1. The summed E-state index contributed by atoms with van der Waals surface area (Å²) in [7, 11) is 0. The number of pyridine rings is 1. The van der Waals surface area contributed by atoms with Gasteiger partial charge < -0.3 is 14.9 Å². The summed E-state index contributed by atoms with van der Waals surface area (Å²) in [6.45, 7) is 4.59. The Kier molecular flexibility index (Phi) is 4.75. The molecule has 1 heterocycles. The van der Waals surface area contributed by atoms with Crippen LogP contribution in [0.15, 0.2) is 12.3 Å². The van der Waals surface area contributed by atoms with Gasteiger partial charge in [0.1, 0.15) is 0 Å². The van der Waals surface area contributed by atoms with Crippen molar-refractivity contribution in [3.05, 3.63) is 18.0 Å². The second-order valence-corrected chi connectivity index (χ2v) is 3.80. The van der Waals surface area contributed by atoms with Gasteiger partial charge in [-0.1, -0.05) is 26.7 Å². The monoisotopic (exact) mass is 239 g/mol. The van der Waals surface area contributed by atoms with Gasteiger partial charge in [-0.2, -0.15) is 0 Å². The van der Waals surface area contributed by atoms with Gasteiger partial charge >= 0.3 is 5.97 Å². The third kappa shape index (κ3) is 3.34. The second-order valence-electron chi connectivity index (χ2n) is 3.80. The molecule has 0 aliphatic heterocycles. The van der Waals surface area contributed by atoms with Crippen molar-refractivity contribution in [2.24, 2.45) is 5.92 Å². The quantitative estimate of drug-likeness (QED) is 0.796. The standard InChI is InChI=1S/C12H17NO4/c1-3-8(4-2)7-17-9-5-6-13-10(11(9)14)12(15)16/h5-6,8,14H,3-4,7H2,1-2H3,(H,15,16). The van der Waals surface area contributed by atoms with Gasteiger partial charge in [-0.25, -0.2) is 9.78 Å². The number of hydrogen-bond donors (Lipinski definition) is 2. The number of aromatic nitrogens is 1. The van der Waals surface area contributed by atoms with Crippen LogP contribution in [0.4, 0.5) is 0 Å². The predicted octanol–water partition coefficient (Wildman–Crippen LogP) is 2.30. The molecule has 0 amide bonds. The molecule has 0 atom stereocenters. The summed E-state index contributed by atoms with van der Waals surface area (Å²) in [6.07, 6.45) is 3.27. The average Bonchev–Trinajstić information content (AvgIpc) is 2.32. The maximum Gasteiger partial charge on any atom is 0.358 e. The summed E-state index contributed by atoms with van der Waals surface area (Å²) in [4.78, 5) is 14.3. The fourth-order valence-electron chi connectivity index (χ4n) is 1.44. The Labute approximate surface area is 100 Å². The Morgan fingerprint density at radius 1 is 1.47 bits per heavy atom. The van der Waals surface area contributed by atoms with Gasteiger partial charge in [-0.15, -0.1) is 0 Å². The average molecular weight is 239 g/mol.